The second-order valence-corrected chi connectivity index (χ2v) is 11.9. The molecule has 1 saturated heterocycles. The lowest BCUT2D eigenvalue weighted by Gasteiger charge is -2.41. The number of hydrogen-bond acceptors (Lipinski definition) is 11. The lowest BCUT2D eigenvalue weighted by molar-refractivity contribution is -0.157. The Labute approximate surface area is 230 Å². The van der Waals surface area contributed by atoms with E-state index in [1.807, 2.05) is 25.3 Å². The molecular weight excluding hydrogens is 529 g/mol. The Bertz CT molecular complexity index is 1070. The number of fused-ring (bicyclic) bond motifs is 1. The highest BCUT2D eigenvalue weighted by Gasteiger charge is 2.50. The molecular formula is C27H40NO10P. The van der Waals surface area contributed by atoms with Crippen molar-refractivity contribution < 1.29 is 46.7 Å². The molecule has 1 aromatic rings. The summed E-state index contributed by atoms with van der Waals surface area (Å²) in [7, 11) is 0.941. The maximum atomic E-state index is 13.5. The van der Waals surface area contributed by atoms with Crippen molar-refractivity contribution in [3.8, 4) is 11.5 Å². The van der Waals surface area contributed by atoms with Gasteiger partial charge < -0.3 is 28.4 Å². The molecule has 0 spiro atoms. The van der Waals surface area contributed by atoms with Crippen LogP contribution in [0.15, 0.2) is 30.0 Å². The Morgan fingerprint density at radius 3 is 2.13 bits per heavy atom. The highest BCUT2D eigenvalue weighted by molar-refractivity contribution is 7.48. The Morgan fingerprint density at radius 1 is 1.00 bits per heavy atom. The molecule has 0 amide bonds. The first kappa shape index (κ1) is 30.9. The summed E-state index contributed by atoms with van der Waals surface area (Å²) in [6.45, 7) is 6.23. The topological polar surface area (TPSA) is 119 Å². The molecule has 1 aliphatic heterocycles. The molecule has 218 valence electrons. The minimum Gasteiger partial charge on any atom is -0.493 e. The van der Waals surface area contributed by atoms with Crippen LogP contribution in [0.2, 0.25) is 0 Å². The van der Waals surface area contributed by atoms with Gasteiger partial charge in [0, 0.05) is 17.9 Å². The second kappa shape index (κ2) is 13.2. The van der Waals surface area contributed by atoms with Gasteiger partial charge >= 0.3 is 19.8 Å². The molecule has 3 rings (SSSR count). The van der Waals surface area contributed by atoms with Gasteiger partial charge in [0.05, 0.1) is 26.1 Å². The molecule has 0 unspecified atom stereocenters. The lowest BCUT2D eigenvalue weighted by atomic mass is 9.68. The number of esters is 2. The molecule has 2 atom stereocenters. The van der Waals surface area contributed by atoms with Crippen LogP contribution in [-0.2, 0) is 42.6 Å². The van der Waals surface area contributed by atoms with E-state index < -0.39 is 45.2 Å². The second-order valence-electron chi connectivity index (χ2n) is 10.3. The van der Waals surface area contributed by atoms with Crippen molar-refractivity contribution in [1.82, 2.24) is 4.90 Å². The minimum atomic E-state index is -4.31. The van der Waals surface area contributed by atoms with Crippen LogP contribution in [0.4, 0.5) is 0 Å². The Morgan fingerprint density at radius 2 is 1.59 bits per heavy atom. The van der Waals surface area contributed by atoms with Gasteiger partial charge in [0.1, 0.15) is 5.76 Å². The average Bonchev–Trinajstić information content (AvgIpc) is 3.24. The monoisotopic (exact) mass is 569 g/mol. The third kappa shape index (κ3) is 7.33. The lowest BCUT2D eigenvalue weighted by Crippen LogP contribution is -2.43. The fourth-order valence-corrected chi connectivity index (χ4v) is 5.80. The molecule has 0 aromatic heterocycles. The van der Waals surface area contributed by atoms with Crippen LogP contribution in [0.5, 0.6) is 11.5 Å². The van der Waals surface area contributed by atoms with Crippen molar-refractivity contribution in [1.29, 1.82) is 0 Å². The van der Waals surface area contributed by atoms with E-state index in [1.165, 1.54) is 0 Å². The van der Waals surface area contributed by atoms with Gasteiger partial charge in [0.25, 0.3) is 0 Å². The number of allylic oxidation sites excluding steroid dienone is 1. The first-order chi connectivity index (χ1) is 18.4. The number of benzene rings is 1. The number of hydrogen-bond donors (Lipinski definition) is 0. The van der Waals surface area contributed by atoms with Crippen LogP contribution >= 0.6 is 7.82 Å². The van der Waals surface area contributed by atoms with Crippen molar-refractivity contribution in [3.63, 3.8) is 0 Å². The Hall–Kier alpha value is -2.59. The number of phosphoric ester groups is 1. The van der Waals surface area contributed by atoms with Crippen molar-refractivity contribution >= 4 is 19.8 Å². The van der Waals surface area contributed by atoms with E-state index in [1.54, 1.807) is 41.9 Å². The summed E-state index contributed by atoms with van der Waals surface area (Å²) < 4.78 is 50.9. The van der Waals surface area contributed by atoms with Gasteiger partial charge in [0.15, 0.2) is 11.5 Å². The number of ether oxygens (including phenoxy) is 4. The summed E-state index contributed by atoms with van der Waals surface area (Å²) in [6, 6.07) is 5.99. The summed E-state index contributed by atoms with van der Waals surface area (Å²) >= 11 is 0. The minimum absolute atomic E-state index is 0.0292. The average molecular weight is 570 g/mol. The summed E-state index contributed by atoms with van der Waals surface area (Å²) in [5, 5.41) is 0. The summed E-state index contributed by atoms with van der Waals surface area (Å²) in [6.07, 6.45) is 3.83. The van der Waals surface area contributed by atoms with Gasteiger partial charge in [-0.15, -0.1) is 0 Å². The van der Waals surface area contributed by atoms with E-state index in [9.17, 15) is 14.2 Å². The zero-order valence-electron chi connectivity index (χ0n) is 23.8. The van der Waals surface area contributed by atoms with E-state index in [4.69, 9.17) is 32.5 Å². The third-order valence-electron chi connectivity index (χ3n) is 7.12. The number of likely N-dealkylation sites (tertiary alicyclic amines) is 1. The molecule has 2 aliphatic rings. The molecule has 39 heavy (non-hydrogen) atoms. The predicted molar refractivity (Wildman–Crippen MR) is 142 cm³/mol. The van der Waals surface area contributed by atoms with Crippen LogP contribution in [-0.4, -0.2) is 64.3 Å². The maximum absolute atomic E-state index is 13.5. The van der Waals surface area contributed by atoms with Crippen molar-refractivity contribution in [2.75, 3.05) is 41.4 Å². The number of rotatable bonds is 13. The first-order valence-corrected chi connectivity index (χ1v) is 14.4. The smallest absolute Gasteiger partial charge is 0.493 e. The van der Waals surface area contributed by atoms with E-state index in [-0.39, 0.29) is 11.5 Å². The van der Waals surface area contributed by atoms with E-state index >= 15 is 0 Å². The van der Waals surface area contributed by atoms with E-state index in [0.29, 0.717) is 30.1 Å². The van der Waals surface area contributed by atoms with Crippen molar-refractivity contribution in [3.05, 3.63) is 35.6 Å². The Balaban J connectivity index is 1.80. The first-order valence-electron chi connectivity index (χ1n) is 13.0. The zero-order chi connectivity index (χ0) is 28.8. The molecule has 0 radical (unpaired) electrons. The number of phosphoric acid groups is 1. The molecule has 1 aliphatic carbocycles. The molecule has 11 nitrogen and oxygen atoms in total. The molecule has 0 N–H and O–H groups in total. The maximum Gasteiger partial charge on any atom is 0.535 e. The molecule has 1 heterocycles. The standard InChI is InChI=1S/C27H40NO10P/c1-18(2)25(29)34-16-36-39(31,37-17-35-26(30)19(3)4)38-21-10-11-27(12-13-28(5)24(27)15-21)20-8-9-22(32-6)23(14-20)33-7/h8-10,14,18-19,24H,11-13,15-17H2,1-7H3/t24-,27-/m0/s1. The van der Waals surface area contributed by atoms with E-state index in [2.05, 4.69) is 11.0 Å². The number of methoxy groups -OCH3 is 2. The van der Waals surface area contributed by atoms with Crippen LogP contribution < -0.4 is 9.47 Å². The number of carbonyl (C=O) groups excluding carboxylic acids is 2. The van der Waals surface area contributed by atoms with Crippen LogP contribution in [0.25, 0.3) is 0 Å². The summed E-state index contributed by atoms with van der Waals surface area (Å²) in [5.41, 5.74) is 0.897. The normalized spacial score (nSPS) is 21.4. The van der Waals surface area contributed by atoms with Gasteiger partial charge in [-0.05, 0) is 50.2 Å². The van der Waals surface area contributed by atoms with Gasteiger partial charge in [-0.3, -0.25) is 9.59 Å². The quantitative estimate of drug-likeness (QED) is 0.185. The highest BCUT2D eigenvalue weighted by atomic mass is 31.2. The summed E-state index contributed by atoms with van der Waals surface area (Å²) in [4.78, 5) is 25.9. The fraction of sp³-hybridized carbons (Fsp3) is 0.630. The van der Waals surface area contributed by atoms with Crippen molar-refractivity contribution in [2.24, 2.45) is 11.8 Å². The molecule has 0 saturated carbocycles. The van der Waals surface area contributed by atoms with Crippen LogP contribution in [0, 0.1) is 11.8 Å². The van der Waals surface area contributed by atoms with Crippen LogP contribution in [0.3, 0.4) is 0 Å². The zero-order valence-corrected chi connectivity index (χ0v) is 24.7. The Kier molecular flexibility index (Phi) is 10.5. The third-order valence-corrected chi connectivity index (χ3v) is 8.42. The fourth-order valence-electron chi connectivity index (χ4n) is 4.82. The van der Waals surface area contributed by atoms with Gasteiger partial charge in [-0.1, -0.05) is 33.8 Å². The highest BCUT2D eigenvalue weighted by Crippen LogP contribution is 2.55. The molecule has 12 heteroatoms. The number of likely N-dealkylation sites (N-methyl/N-ethyl adjacent to an activating group) is 1. The largest absolute Gasteiger partial charge is 0.535 e. The number of nitrogens with zero attached hydrogens (tertiary/aromatic N) is 1. The molecule has 0 bridgehead atoms. The summed E-state index contributed by atoms with van der Waals surface area (Å²) in [5.74, 6) is -0.132. The molecule has 1 aromatic carbocycles. The SMILES string of the molecule is COc1ccc([C@@]23CC=C(OP(=O)(OCOC(=O)C(C)C)OCOC(=O)C(C)C)C[C@@H]2N(C)CC3)cc1OC. The van der Waals surface area contributed by atoms with Gasteiger partial charge in [-0.2, -0.15) is 0 Å². The number of carbonyl (C=O) groups is 2. The van der Waals surface area contributed by atoms with Gasteiger partial charge in [-0.25, -0.2) is 13.6 Å². The predicted octanol–water partition coefficient (Wildman–Crippen LogP) is 4.79. The van der Waals surface area contributed by atoms with E-state index in [0.717, 1.165) is 18.5 Å². The van der Waals surface area contributed by atoms with Gasteiger partial charge in [0.2, 0.25) is 13.6 Å². The molecule has 1 fully saturated rings. The van der Waals surface area contributed by atoms with Crippen molar-refractivity contribution in [2.45, 2.75) is 58.4 Å². The van der Waals surface area contributed by atoms with Crippen LogP contribution in [0.1, 0.15) is 52.5 Å².